The third-order valence-corrected chi connectivity index (χ3v) is 3.17. The molecular formula is C15H14FN3O. The number of benzene rings is 1. The minimum Gasteiger partial charge on any atom is -0.349 e. The SMILES string of the molecule is Cc1nc(C(CCC=O)c2ccc(C#N)c(F)c2)c[nH]1. The summed E-state index contributed by atoms with van der Waals surface area (Å²) in [7, 11) is 0. The minimum absolute atomic E-state index is 0.0149. The fourth-order valence-corrected chi connectivity index (χ4v) is 2.17. The van der Waals surface area contributed by atoms with Gasteiger partial charge in [0, 0.05) is 18.5 Å². The highest BCUT2D eigenvalue weighted by atomic mass is 19.1. The van der Waals surface area contributed by atoms with Crippen LogP contribution in [0.25, 0.3) is 0 Å². The van der Waals surface area contributed by atoms with E-state index in [1.54, 1.807) is 18.3 Å². The number of hydrogen-bond donors (Lipinski definition) is 1. The molecule has 4 nitrogen and oxygen atoms in total. The van der Waals surface area contributed by atoms with Crippen LogP contribution in [0.3, 0.4) is 0 Å². The van der Waals surface area contributed by atoms with Gasteiger partial charge in [0.25, 0.3) is 0 Å². The van der Waals surface area contributed by atoms with Gasteiger partial charge in [0.1, 0.15) is 24.0 Å². The smallest absolute Gasteiger partial charge is 0.141 e. The van der Waals surface area contributed by atoms with Crippen molar-refractivity contribution in [2.45, 2.75) is 25.7 Å². The summed E-state index contributed by atoms with van der Waals surface area (Å²) in [4.78, 5) is 17.9. The molecule has 0 bridgehead atoms. The van der Waals surface area contributed by atoms with Crippen molar-refractivity contribution in [3.05, 3.63) is 52.9 Å². The lowest BCUT2D eigenvalue weighted by Gasteiger charge is -2.14. The van der Waals surface area contributed by atoms with Gasteiger partial charge in [0.15, 0.2) is 0 Å². The monoisotopic (exact) mass is 271 g/mol. The van der Waals surface area contributed by atoms with Gasteiger partial charge in [-0.05, 0) is 31.0 Å². The summed E-state index contributed by atoms with van der Waals surface area (Å²) >= 11 is 0. The van der Waals surface area contributed by atoms with Gasteiger partial charge in [-0.25, -0.2) is 9.37 Å². The average Bonchev–Trinajstić information content (AvgIpc) is 2.86. The van der Waals surface area contributed by atoms with Crippen LogP contribution in [-0.2, 0) is 4.79 Å². The van der Waals surface area contributed by atoms with Crippen molar-refractivity contribution in [2.75, 3.05) is 0 Å². The molecule has 0 radical (unpaired) electrons. The average molecular weight is 271 g/mol. The molecule has 20 heavy (non-hydrogen) atoms. The maximum atomic E-state index is 13.7. The molecule has 5 heteroatoms. The number of nitriles is 1. The van der Waals surface area contributed by atoms with E-state index < -0.39 is 5.82 Å². The fraction of sp³-hybridized carbons (Fsp3) is 0.267. The number of nitrogens with one attached hydrogen (secondary N) is 1. The van der Waals surface area contributed by atoms with Crippen LogP contribution in [0.5, 0.6) is 0 Å². The summed E-state index contributed by atoms with van der Waals surface area (Å²) in [6, 6.07) is 6.31. The first-order chi connectivity index (χ1) is 9.65. The number of aryl methyl sites for hydroxylation is 1. The topological polar surface area (TPSA) is 69.5 Å². The molecule has 0 spiro atoms. The predicted octanol–water partition coefficient (Wildman–Crippen LogP) is 2.84. The predicted molar refractivity (Wildman–Crippen MR) is 71.6 cm³/mol. The molecule has 0 aliphatic carbocycles. The lowest BCUT2D eigenvalue weighted by atomic mass is 9.91. The Labute approximate surface area is 116 Å². The number of aromatic amines is 1. The fourth-order valence-electron chi connectivity index (χ4n) is 2.17. The zero-order valence-corrected chi connectivity index (χ0v) is 11.1. The highest BCUT2D eigenvalue weighted by Gasteiger charge is 2.18. The molecule has 1 unspecified atom stereocenters. The van der Waals surface area contributed by atoms with Crippen molar-refractivity contribution >= 4 is 6.29 Å². The van der Waals surface area contributed by atoms with Crippen molar-refractivity contribution in [3.63, 3.8) is 0 Å². The Kier molecular flexibility index (Phi) is 4.26. The van der Waals surface area contributed by atoms with E-state index in [4.69, 9.17) is 5.26 Å². The van der Waals surface area contributed by atoms with Gasteiger partial charge in [0.2, 0.25) is 0 Å². The highest BCUT2D eigenvalue weighted by Crippen LogP contribution is 2.28. The third-order valence-electron chi connectivity index (χ3n) is 3.17. The maximum Gasteiger partial charge on any atom is 0.141 e. The third kappa shape index (κ3) is 2.91. The van der Waals surface area contributed by atoms with E-state index in [9.17, 15) is 9.18 Å². The number of aldehydes is 1. The zero-order valence-electron chi connectivity index (χ0n) is 11.1. The Morgan fingerprint density at radius 2 is 2.35 bits per heavy atom. The van der Waals surface area contributed by atoms with Crippen LogP contribution in [-0.4, -0.2) is 16.3 Å². The molecule has 1 aromatic carbocycles. The van der Waals surface area contributed by atoms with Crippen molar-refractivity contribution in [1.82, 2.24) is 9.97 Å². The van der Waals surface area contributed by atoms with Gasteiger partial charge < -0.3 is 9.78 Å². The number of imidazole rings is 1. The molecule has 1 heterocycles. The van der Waals surface area contributed by atoms with Crippen molar-refractivity contribution in [1.29, 1.82) is 5.26 Å². The molecule has 1 aromatic heterocycles. The molecule has 0 fully saturated rings. The normalized spacial score (nSPS) is 11.8. The molecule has 0 aliphatic heterocycles. The number of carbonyl (C=O) groups excluding carboxylic acids is 1. The number of halogens is 1. The van der Waals surface area contributed by atoms with Gasteiger partial charge in [-0.15, -0.1) is 0 Å². The maximum absolute atomic E-state index is 13.7. The van der Waals surface area contributed by atoms with Crippen LogP contribution in [0.15, 0.2) is 24.4 Å². The van der Waals surface area contributed by atoms with Gasteiger partial charge >= 0.3 is 0 Å². The van der Waals surface area contributed by atoms with Gasteiger partial charge in [-0.3, -0.25) is 0 Å². The largest absolute Gasteiger partial charge is 0.349 e. The van der Waals surface area contributed by atoms with Gasteiger partial charge in [0.05, 0.1) is 11.3 Å². The van der Waals surface area contributed by atoms with E-state index in [1.165, 1.54) is 12.1 Å². The first-order valence-corrected chi connectivity index (χ1v) is 6.30. The molecule has 0 aliphatic rings. The number of rotatable bonds is 5. The van der Waals surface area contributed by atoms with E-state index in [0.29, 0.717) is 12.8 Å². The standard InChI is InChI=1S/C15H14FN3O/c1-10-18-9-15(19-10)13(3-2-6-20)11-4-5-12(8-17)14(16)7-11/h4-7,9,13H,2-3H2,1H3,(H,18,19). The number of aromatic nitrogens is 2. The molecule has 0 amide bonds. The van der Waals surface area contributed by atoms with Crippen LogP contribution in [0.1, 0.15) is 41.4 Å². The first-order valence-electron chi connectivity index (χ1n) is 6.30. The second-order valence-corrected chi connectivity index (χ2v) is 4.56. The molecule has 0 saturated heterocycles. The molecule has 102 valence electrons. The Balaban J connectivity index is 2.38. The lowest BCUT2D eigenvalue weighted by Crippen LogP contribution is -2.03. The molecular weight excluding hydrogens is 257 g/mol. The van der Waals surface area contributed by atoms with Crippen molar-refractivity contribution in [3.8, 4) is 6.07 Å². The van der Waals surface area contributed by atoms with Gasteiger partial charge in [-0.1, -0.05) is 6.07 Å². The van der Waals surface area contributed by atoms with E-state index in [2.05, 4.69) is 9.97 Å². The summed E-state index contributed by atoms with van der Waals surface area (Å²) in [5, 5.41) is 8.76. The Hall–Kier alpha value is -2.48. The number of H-pyrrole nitrogens is 1. The van der Waals surface area contributed by atoms with Crippen LogP contribution in [0.2, 0.25) is 0 Å². The van der Waals surface area contributed by atoms with Crippen LogP contribution in [0, 0.1) is 24.1 Å². The lowest BCUT2D eigenvalue weighted by molar-refractivity contribution is -0.107. The van der Waals surface area contributed by atoms with Crippen LogP contribution < -0.4 is 0 Å². The van der Waals surface area contributed by atoms with E-state index >= 15 is 0 Å². The second kappa shape index (κ2) is 6.11. The Morgan fingerprint density at radius 3 is 2.90 bits per heavy atom. The van der Waals surface area contributed by atoms with Crippen LogP contribution >= 0.6 is 0 Å². The Morgan fingerprint density at radius 1 is 1.55 bits per heavy atom. The van der Waals surface area contributed by atoms with Crippen molar-refractivity contribution in [2.24, 2.45) is 0 Å². The van der Waals surface area contributed by atoms with Gasteiger partial charge in [-0.2, -0.15) is 5.26 Å². The summed E-state index contributed by atoms with van der Waals surface area (Å²) in [5.41, 5.74) is 1.50. The summed E-state index contributed by atoms with van der Waals surface area (Å²) in [6.45, 7) is 1.83. The minimum atomic E-state index is -0.548. The van der Waals surface area contributed by atoms with Crippen molar-refractivity contribution < 1.29 is 9.18 Å². The highest BCUT2D eigenvalue weighted by molar-refractivity contribution is 5.50. The second-order valence-electron chi connectivity index (χ2n) is 4.56. The first kappa shape index (κ1) is 13.9. The summed E-state index contributed by atoms with van der Waals surface area (Å²) in [5.74, 6) is 0.0611. The summed E-state index contributed by atoms with van der Waals surface area (Å²) < 4.78 is 13.7. The van der Waals surface area contributed by atoms with Crippen LogP contribution in [0.4, 0.5) is 4.39 Å². The summed E-state index contributed by atoms with van der Waals surface area (Å²) in [6.07, 6.45) is 3.53. The number of hydrogen-bond acceptors (Lipinski definition) is 3. The molecule has 1 N–H and O–H groups in total. The quantitative estimate of drug-likeness (QED) is 0.850. The number of carbonyl (C=O) groups is 1. The Bertz CT molecular complexity index is 657. The number of nitrogens with zero attached hydrogens (tertiary/aromatic N) is 2. The van der Waals surface area contributed by atoms with E-state index in [0.717, 1.165) is 23.4 Å². The molecule has 2 rings (SSSR count). The zero-order chi connectivity index (χ0) is 14.5. The van der Waals surface area contributed by atoms with E-state index in [1.807, 2.05) is 6.92 Å². The molecule has 1 atom stereocenters. The molecule has 2 aromatic rings. The van der Waals surface area contributed by atoms with E-state index in [-0.39, 0.29) is 11.5 Å². The molecule has 0 saturated carbocycles.